The van der Waals surface area contributed by atoms with Gasteiger partial charge in [-0.1, -0.05) is 0 Å². The van der Waals surface area contributed by atoms with Gasteiger partial charge in [0.25, 0.3) is 11.6 Å². The summed E-state index contributed by atoms with van der Waals surface area (Å²) in [4.78, 5) is 47.9. The number of nitro groups is 1. The lowest BCUT2D eigenvalue weighted by Crippen LogP contribution is -2.22. The third-order valence-electron chi connectivity index (χ3n) is 4.82. The Bertz CT molecular complexity index is 1090. The van der Waals surface area contributed by atoms with Gasteiger partial charge in [0.05, 0.1) is 37.4 Å². The van der Waals surface area contributed by atoms with Gasteiger partial charge in [-0.3, -0.25) is 14.9 Å². The summed E-state index contributed by atoms with van der Waals surface area (Å²) in [5.41, 5.74) is 0.172. The molecule has 1 N–H and O–H groups in total. The first-order valence-corrected chi connectivity index (χ1v) is 10.8. The maximum atomic E-state index is 12.5. The van der Waals surface area contributed by atoms with Crippen molar-refractivity contribution in [2.45, 2.75) is 25.7 Å². The van der Waals surface area contributed by atoms with Crippen LogP contribution < -0.4 is 14.8 Å². The molecule has 12 heteroatoms. The number of ether oxygens (including phenoxy) is 4. The second kappa shape index (κ2) is 10.3. The Kier molecular flexibility index (Phi) is 7.48. The molecular formula is C21H22N2O9S. The van der Waals surface area contributed by atoms with Crippen LogP contribution in [-0.2, 0) is 14.3 Å². The molecule has 33 heavy (non-hydrogen) atoms. The number of thiophene rings is 1. The van der Waals surface area contributed by atoms with Gasteiger partial charge in [-0.15, -0.1) is 11.3 Å². The van der Waals surface area contributed by atoms with E-state index in [9.17, 15) is 24.5 Å². The van der Waals surface area contributed by atoms with Gasteiger partial charge in [0.15, 0.2) is 18.1 Å². The zero-order valence-electron chi connectivity index (χ0n) is 18.2. The minimum Gasteiger partial charge on any atom is -0.493 e. The van der Waals surface area contributed by atoms with Gasteiger partial charge in [-0.25, -0.2) is 9.59 Å². The van der Waals surface area contributed by atoms with E-state index in [0.717, 1.165) is 30.5 Å². The number of amides is 1. The smallest absolute Gasteiger partial charge is 0.345 e. The van der Waals surface area contributed by atoms with E-state index in [-0.39, 0.29) is 24.0 Å². The summed E-state index contributed by atoms with van der Waals surface area (Å²) in [6.07, 6.45) is 1.91. The highest BCUT2D eigenvalue weighted by Crippen LogP contribution is 2.46. The molecule has 1 heterocycles. The van der Waals surface area contributed by atoms with Crippen LogP contribution in [0.4, 0.5) is 10.7 Å². The Labute approximate surface area is 192 Å². The Hall–Kier alpha value is -3.67. The summed E-state index contributed by atoms with van der Waals surface area (Å²) < 4.78 is 20.2. The number of hydrogen-bond donors (Lipinski definition) is 1. The number of benzene rings is 1. The summed E-state index contributed by atoms with van der Waals surface area (Å²) in [7, 11) is 2.61. The van der Waals surface area contributed by atoms with Crippen LogP contribution in [-0.4, -0.2) is 50.2 Å². The van der Waals surface area contributed by atoms with Crippen LogP contribution in [0.3, 0.4) is 0 Å². The molecule has 1 aliphatic carbocycles. The van der Waals surface area contributed by atoms with Crippen molar-refractivity contribution in [3.05, 3.63) is 44.3 Å². The molecule has 1 amide bonds. The van der Waals surface area contributed by atoms with Crippen LogP contribution in [0.15, 0.2) is 17.5 Å². The molecule has 0 spiro atoms. The monoisotopic (exact) mass is 478 g/mol. The zero-order chi connectivity index (χ0) is 24.1. The molecule has 0 radical (unpaired) electrons. The molecular weight excluding hydrogens is 456 g/mol. The first-order valence-electron chi connectivity index (χ1n) is 9.96. The van der Waals surface area contributed by atoms with E-state index in [1.165, 1.54) is 25.6 Å². The van der Waals surface area contributed by atoms with Gasteiger partial charge in [0.2, 0.25) is 0 Å². The van der Waals surface area contributed by atoms with E-state index in [1.54, 1.807) is 12.3 Å². The summed E-state index contributed by atoms with van der Waals surface area (Å²) in [5.74, 6) is -1.92. The number of methoxy groups -OCH3 is 2. The summed E-state index contributed by atoms with van der Waals surface area (Å²) in [5, 5.41) is 16.0. The van der Waals surface area contributed by atoms with Crippen LogP contribution >= 0.6 is 11.3 Å². The quantitative estimate of drug-likeness (QED) is 0.308. The van der Waals surface area contributed by atoms with E-state index < -0.39 is 40.6 Å². The molecule has 1 aliphatic rings. The summed E-state index contributed by atoms with van der Waals surface area (Å²) >= 11 is 1.18. The third kappa shape index (κ3) is 5.40. The van der Waals surface area contributed by atoms with Crippen LogP contribution in [0.25, 0.3) is 0 Å². The molecule has 1 fully saturated rings. The highest BCUT2D eigenvalue weighted by atomic mass is 32.1. The second-order valence-corrected chi connectivity index (χ2v) is 7.88. The Balaban J connectivity index is 1.73. The maximum Gasteiger partial charge on any atom is 0.345 e. The average molecular weight is 478 g/mol. The predicted octanol–water partition coefficient (Wildman–Crippen LogP) is 3.52. The lowest BCUT2D eigenvalue weighted by Gasteiger charge is -2.11. The first kappa shape index (κ1) is 24.0. The third-order valence-corrected chi connectivity index (χ3v) is 5.74. The predicted molar refractivity (Wildman–Crippen MR) is 117 cm³/mol. The highest BCUT2D eigenvalue weighted by molar-refractivity contribution is 7.15. The molecule has 1 saturated carbocycles. The molecule has 0 unspecified atom stereocenters. The molecule has 176 valence electrons. The van der Waals surface area contributed by atoms with Gasteiger partial charge in [0, 0.05) is 6.07 Å². The molecule has 0 bridgehead atoms. The van der Waals surface area contributed by atoms with Crippen LogP contribution in [0.1, 0.15) is 52.0 Å². The highest BCUT2D eigenvalue weighted by Gasteiger charge is 2.32. The van der Waals surface area contributed by atoms with Crippen molar-refractivity contribution in [3.63, 3.8) is 0 Å². The topological polar surface area (TPSA) is 143 Å². The van der Waals surface area contributed by atoms with Crippen LogP contribution in [0.2, 0.25) is 0 Å². The van der Waals surface area contributed by atoms with Gasteiger partial charge in [-0.2, -0.15) is 0 Å². The van der Waals surface area contributed by atoms with Crippen LogP contribution in [0, 0.1) is 10.1 Å². The Morgan fingerprint density at radius 3 is 2.36 bits per heavy atom. The largest absolute Gasteiger partial charge is 0.493 e. The maximum absolute atomic E-state index is 12.5. The second-order valence-electron chi connectivity index (χ2n) is 7.00. The Morgan fingerprint density at radius 1 is 1.12 bits per heavy atom. The number of carbonyl (C=O) groups is 3. The van der Waals surface area contributed by atoms with Gasteiger partial charge in [0.1, 0.15) is 10.6 Å². The normalized spacial score (nSPS) is 12.6. The van der Waals surface area contributed by atoms with Crippen molar-refractivity contribution in [2.75, 3.05) is 32.8 Å². The fraction of sp³-hybridized carbons (Fsp3) is 0.381. The molecule has 3 rings (SSSR count). The molecule has 0 saturated heterocycles. The van der Waals surface area contributed by atoms with Crippen molar-refractivity contribution in [1.82, 2.24) is 0 Å². The fourth-order valence-corrected chi connectivity index (χ4v) is 4.17. The fourth-order valence-electron chi connectivity index (χ4n) is 3.13. The van der Waals surface area contributed by atoms with Gasteiger partial charge >= 0.3 is 11.9 Å². The number of rotatable bonds is 10. The SMILES string of the molecule is CCOC(=O)c1c(C2CC2)csc1NC(=O)COC(=O)c1cc(OC)c(OC)cc1[N+](=O)[O-]. The lowest BCUT2D eigenvalue weighted by atomic mass is 10.1. The number of esters is 2. The van der Waals surface area contributed by atoms with Gasteiger partial charge < -0.3 is 24.3 Å². The summed E-state index contributed by atoms with van der Waals surface area (Å²) in [6, 6.07) is 2.14. The number of carbonyl (C=O) groups excluding carboxylic acids is 3. The number of nitrogens with one attached hydrogen (secondary N) is 1. The molecule has 0 aliphatic heterocycles. The lowest BCUT2D eigenvalue weighted by molar-refractivity contribution is -0.385. The number of anilines is 1. The van der Waals surface area contributed by atoms with Crippen molar-refractivity contribution in [3.8, 4) is 11.5 Å². The minimum absolute atomic E-state index is 0.0640. The number of nitrogens with zero attached hydrogens (tertiary/aromatic N) is 1. The van der Waals surface area contributed by atoms with Crippen LogP contribution in [0.5, 0.6) is 11.5 Å². The van der Waals surface area contributed by atoms with E-state index in [1.807, 2.05) is 0 Å². The molecule has 1 aromatic heterocycles. The van der Waals surface area contributed by atoms with E-state index in [2.05, 4.69) is 5.32 Å². The van der Waals surface area contributed by atoms with Crippen molar-refractivity contribution in [2.24, 2.45) is 0 Å². The van der Waals surface area contributed by atoms with E-state index in [0.29, 0.717) is 10.6 Å². The van der Waals surface area contributed by atoms with Crippen molar-refractivity contribution < 1.29 is 38.3 Å². The molecule has 11 nitrogen and oxygen atoms in total. The van der Waals surface area contributed by atoms with E-state index >= 15 is 0 Å². The van der Waals surface area contributed by atoms with Gasteiger partial charge in [-0.05, 0) is 36.6 Å². The Morgan fingerprint density at radius 2 is 1.79 bits per heavy atom. The molecule has 2 aromatic rings. The van der Waals surface area contributed by atoms with E-state index in [4.69, 9.17) is 18.9 Å². The molecule has 1 aromatic carbocycles. The summed E-state index contributed by atoms with van der Waals surface area (Å²) in [6.45, 7) is 1.16. The average Bonchev–Trinajstić information content (AvgIpc) is 3.56. The van der Waals surface area contributed by atoms with Crippen molar-refractivity contribution in [1.29, 1.82) is 0 Å². The minimum atomic E-state index is -1.09. The van der Waals surface area contributed by atoms with Crippen molar-refractivity contribution >= 4 is 39.9 Å². The first-order chi connectivity index (χ1) is 15.8. The zero-order valence-corrected chi connectivity index (χ0v) is 19.0. The molecule has 0 atom stereocenters. The number of nitro benzene ring substituents is 1. The number of hydrogen-bond acceptors (Lipinski definition) is 10. The standard InChI is InChI=1S/C21H22N2O9S/c1-4-31-21(26)18-13(11-5-6-11)10-33-19(18)22-17(24)9-32-20(25)12-7-15(29-2)16(30-3)8-14(12)23(27)28/h7-8,10-11H,4-6,9H2,1-3H3,(H,22,24).